The lowest BCUT2D eigenvalue weighted by atomic mass is 10.2. The van der Waals surface area contributed by atoms with E-state index in [4.69, 9.17) is 9.84 Å². The molecule has 1 aromatic carbocycles. The highest BCUT2D eigenvalue weighted by Crippen LogP contribution is 2.21. The van der Waals surface area contributed by atoms with Crippen LogP contribution in [0.3, 0.4) is 0 Å². The SMILES string of the molecule is COc1ccc(-c2cn(C)c(CCO)n2)cc1. The maximum Gasteiger partial charge on any atom is 0.118 e. The van der Waals surface area contributed by atoms with Gasteiger partial charge < -0.3 is 14.4 Å². The van der Waals surface area contributed by atoms with Gasteiger partial charge in [-0.3, -0.25) is 0 Å². The largest absolute Gasteiger partial charge is 0.497 e. The van der Waals surface area contributed by atoms with Crippen LogP contribution in [0, 0.1) is 0 Å². The first kappa shape index (κ1) is 11.7. The molecule has 4 heteroatoms. The molecule has 0 unspecified atom stereocenters. The zero-order chi connectivity index (χ0) is 12.3. The molecule has 0 bridgehead atoms. The van der Waals surface area contributed by atoms with Gasteiger partial charge in [-0.05, 0) is 24.3 Å². The number of aryl methyl sites for hydroxylation is 1. The van der Waals surface area contributed by atoms with E-state index < -0.39 is 0 Å². The molecule has 2 aromatic rings. The Balaban J connectivity index is 2.29. The van der Waals surface area contributed by atoms with Crippen LogP contribution in [-0.2, 0) is 13.5 Å². The molecule has 0 amide bonds. The summed E-state index contributed by atoms with van der Waals surface area (Å²) in [5.74, 6) is 1.72. The van der Waals surface area contributed by atoms with Gasteiger partial charge in [0, 0.05) is 25.2 Å². The summed E-state index contributed by atoms with van der Waals surface area (Å²) in [6.45, 7) is 0.118. The molecular weight excluding hydrogens is 216 g/mol. The van der Waals surface area contributed by atoms with Crippen LogP contribution in [-0.4, -0.2) is 28.4 Å². The summed E-state index contributed by atoms with van der Waals surface area (Å²) in [7, 11) is 3.58. The lowest BCUT2D eigenvalue weighted by molar-refractivity contribution is 0.295. The van der Waals surface area contributed by atoms with Crippen molar-refractivity contribution in [2.24, 2.45) is 7.05 Å². The van der Waals surface area contributed by atoms with Crippen molar-refractivity contribution in [2.45, 2.75) is 6.42 Å². The molecule has 17 heavy (non-hydrogen) atoms. The number of hydrogen-bond donors (Lipinski definition) is 1. The van der Waals surface area contributed by atoms with Crippen LogP contribution in [0.25, 0.3) is 11.3 Å². The van der Waals surface area contributed by atoms with Gasteiger partial charge in [-0.2, -0.15) is 0 Å². The fraction of sp³-hybridized carbons (Fsp3) is 0.308. The van der Waals surface area contributed by atoms with Crippen molar-refractivity contribution in [3.05, 3.63) is 36.3 Å². The maximum atomic E-state index is 8.92. The number of methoxy groups -OCH3 is 1. The summed E-state index contributed by atoms with van der Waals surface area (Å²) in [5.41, 5.74) is 1.96. The van der Waals surface area contributed by atoms with Crippen molar-refractivity contribution >= 4 is 0 Å². The van der Waals surface area contributed by atoms with Crippen molar-refractivity contribution in [3.8, 4) is 17.0 Å². The zero-order valence-corrected chi connectivity index (χ0v) is 10.1. The quantitative estimate of drug-likeness (QED) is 0.871. The molecular formula is C13H16N2O2. The third-order valence-electron chi connectivity index (χ3n) is 2.69. The average molecular weight is 232 g/mol. The number of aliphatic hydroxyl groups is 1. The number of imidazole rings is 1. The molecule has 0 atom stereocenters. The second kappa shape index (κ2) is 5.01. The summed E-state index contributed by atoms with van der Waals surface area (Å²) in [5, 5.41) is 8.92. The van der Waals surface area contributed by atoms with Gasteiger partial charge in [-0.1, -0.05) is 0 Å². The van der Waals surface area contributed by atoms with Gasteiger partial charge in [0.15, 0.2) is 0 Å². The first-order chi connectivity index (χ1) is 8.24. The Morgan fingerprint density at radius 3 is 2.59 bits per heavy atom. The predicted octanol–water partition coefficient (Wildman–Crippen LogP) is 1.63. The molecule has 0 aliphatic rings. The Kier molecular flexibility index (Phi) is 3.44. The fourth-order valence-corrected chi connectivity index (χ4v) is 1.74. The molecule has 4 nitrogen and oxygen atoms in total. The smallest absolute Gasteiger partial charge is 0.118 e. The zero-order valence-electron chi connectivity index (χ0n) is 10.1. The number of hydrogen-bond acceptors (Lipinski definition) is 3. The van der Waals surface area contributed by atoms with Gasteiger partial charge in [0.05, 0.1) is 19.4 Å². The van der Waals surface area contributed by atoms with Crippen LogP contribution in [0.1, 0.15) is 5.82 Å². The average Bonchev–Trinajstić information content (AvgIpc) is 2.72. The second-order valence-corrected chi connectivity index (χ2v) is 3.86. The molecule has 1 aromatic heterocycles. The Labute approximate surface area is 100 Å². The highest BCUT2D eigenvalue weighted by molar-refractivity contribution is 5.59. The third-order valence-corrected chi connectivity index (χ3v) is 2.69. The Hall–Kier alpha value is -1.81. The van der Waals surface area contributed by atoms with E-state index in [-0.39, 0.29) is 6.61 Å². The van der Waals surface area contributed by atoms with Crippen molar-refractivity contribution < 1.29 is 9.84 Å². The molecule has 0 aliphatic heterocycles. The van der Waals surface area contributed by atoms with Crippen LogP contribution < -0.4 is 4.74 Å². The minimum Gasteiger partial charge on any atom is -0.497 e. The van der Waals surface area contributed by atoms with Gasteiger partial charge in [-0.25, -0.2) is 4.98 Å². The summed E-state index contributed by atoms with van der Waals surface area (Å²) in [4.78, 5) is 4.49. The number of aromatic nitrogens is 2. The van der Waals surface area contributed by atoms with E-state index in [0.29, 0.717) is 6.42 Å². The van der Waals surface area contributed by atoms with Crippen LogP contribution in [0.15, 0.2) is 30.5 Å². The molecule has 2 rings (SSSR count). The topological polar surface area (TPSA) is 47.3 Å². The third kappa shape index (κ3) is 2.47. The predicted molar refractivity (Wildman–Crippen MR) is 66.0 cm³/mol. The maximum absolute atomic E-state index is 8.92. The van der Waals surface area contributed by atoms with Gasteiger partial charge in [0.25, 0.3) is 0 Å². The van der Waals surface area contributed by atoms with Crippen molar-refractivity contribution in [2.75, 3.05) is 13.7 Å². The van der Waals surface area contributed by atoms with Crippen molar-refractivity contribution in [3.63, 3.8) is 0 Å². The van der Waals surface area contributed by atoms with E-state index in [1.165, 1.54) is 0 Å². The van der Waals surface area contributed by atoms with Crippen LogP contribution >= 0.6 is 0 Å². The molecule has 0 aliphatic carbocycles. The molecule has 1 heterocycles. The highest BCUT2D eigenvalue weighted by atomic mass is 16.5. The van der Waals surface area contributed by atoms with E-state index in [0.717, 1.165) is 22.8 Å². The summed E-state index contributed by atoms with van der Waals surface area (Å²) >= 11 is 0. The van der Waals surface area contributed by atoms with E-state index in [1.807, 2.05) is 42.1 Å². The fourth-order valence-electron chi connectivity index (χ4n) is 1.74. The molecule has 0 spiro atoms. The number of rotatable bonds is 4. The minimum atomic E-state index is 0.118. The van der Waals surface area contributed by atoms with Crippen molar-refractivity contribution in [1.29, 1.82) is 0 Å². The summed E-state index contributed by atoms with van der Waals surface area (Å²) in [6.07, 6.45) is 2.54. The highest BCUT2D eigenvalue weighted by Gasteiger charge is 2.06. The van der Waals surface area contributed by atoms with Gasteiger partial charge >= 0.3 is 0 Å². The van der Waals surface area contributed by atoms with Crippen LogP contribution in [0.4, 0.5) is 0 Å². The Morgan fingerprint density at radius 1 is 1.29 bits per heavy atom. The molecule has 0 saturated carbocycles. The van der Waals surface area contributed by atoms with Gasteiger partial charge in [0.1, 0.15) is 11.6 Å². The monoisotopic (exact) mass is 232 g/mol. The normalized spacial score (nSPS) is 10.5. The van der Waals surface area contributed by atoms with E-state index in [9.17, 15) is 0 Å². The number of aliphatic hydroxyl groups excluding tert-OH is 1. The standard InChI is InChI=1S/C13H16N2O2/c1-15-9-12(14-13(15)7-8-16)10-3-5-11(17-2)6-4-10/h3-6,9,16H,7-8H2,1-2H3. The molecule has 1 N–H and O–H groups in total. The number of ether oxygens (including phenoxy) is 1. The lowest BCUT2D eigenvalue weighted by Crippen LogP contribution is -1.99. The Bertz CT molecular complexity index is 489. The van der Waals surface area contributed by atoms with E-state index in [1.54, 1.807) is 7.11 Å². The first-order valence-corrected chi connectivity index (χ1v) is 5.52. The molecule has 0 fully saturated rings. The van der Waals surface area contributed by atoms with Crippen LogP contribution in [0.2, 0.25) is 0 Å². The summed E-state index contributed by atoms with van der Waals surface area (Å²) in [6, 6.07) is 7.78. The van der Waals surface area contributed by atoms with Crippen LogP contribution in [0.5, 0.6) is 5.75 Å². The molecule has 90 valence electrons. The minimum absolute atomic E-state index is 0.118. The van der Waals surface area contributed by atoms with E-state index in [2.05, 4.69) is 4.98 Å². The molecule has 0 radical (unpaired) electrons. The Morgan fingerprint density at radius 2 is 2.00 bits per heavy atom. The second-order valence-electron chi connectivity index (χ2n) is 3.86. The number of benzene rings is 1. The van der Waals surface area contributed by atoms with Gasteiger partial charge in [-0.15, -0.1) is 0 Å². The van der Waals surface area contributed by atoms with Gasteiger partial charge in [0.2, 0.25) is 0 Å². The number of nitrogens with zero attached hydrogens (tertiary/aromatic N) is 2. The van der Waals surface area contributed by atoms with E-state index >= 15 is 0 Å². The molecule has 0 saturated heterocycles. The first-order valence-electron chi connectivity index (χ1n) is 5.52. The van der Waals surface area contributed by atoms with Crippen molar-refractivity contribution in [1.82, 2.24) is 9.55 Å². The lowest BCUT2D eigenvalue weighted by Gasteiger charge is -2.00. The summed E-state index contributed by atoms with van der Waals surface area (Å²) < 4.78 is 7.05.